The standard InChI is InChI=1S/C12H16F2O3/c1-12(2,6-15)9-7(13)5-8(14)10(16-3)11(9)17-4/h5,15H,6H2,1-4H3. The van der Waals surface area contributed by atoms with Crippen molar-refractivity contribution in [3.8, 4) is 11.5 Å². The van der Waals surface area contributed by atoms with Crippen molar-refractivity contribution in [1.82, 2.24) is 0 Å². The molecular formula is C12H16F2O3. The summed E-state index contributed by atoms with van der Waals surface area (Å²) in [6.07, 6.45) is 0. The summed E-state index contributed by atoms with van der Waals surface area (Å²) in [7, 11) is 2.57. The smallest absolute Gasteiger partial charge is 0.197 e. The summed E-state index contributed by atoms with van der Waals surface area (Å²) in [6, 6.07) is 0.730. The summed E-state index contributed by atoms with van der Waals surface area (Å²) in [5, 5.41) is 9.27. The van der Waals surface area contributed by atoms with Crippen LogP contribution in [0.5, 0.6) is 11.5 Å². The Morgan fingerprint density at radius 3 is 2.06 bits per heavy atom. The van der Waals surface area contributed by atoms with E-state index in [1.165, 1.54) is 14.2 Å². The fourth-order valence-corrected chi connectivity index (χ4v) is 1.67. The molecule has 0 aliphatic carbocycles. The van der Waals surface area contributed by atoms with Crippen LogP contribution in [0.4, 0.5) is 8.78 Å². The Kier molecular flexibility index (Phi) is 3.93. The number of rotatable bonds is 4. The van der Waals surface area contributed by atoms with Crippen molar-refractivity contribution in [2.24, 2.45) is 0 Å². The van der Waals surface area contributed by atoms with Gasteiger partial charge in [0.05, 0.1) is 20.8 Å². The minimum Gasteiger partial charge on any atom is -0.492 e. The highest BCUT2D eigenvalue weighted by Gasteiger charge is 2.31. The van der Waals surface area contributed by atoms with Gasteiger partial charge in [-0.2, -0.15) is 0 Å². The average Bonchev–Trinajstić information content (AvgIpc) is 2.27. The molecule has 17 heavy (non-hydrogen) atoms. The first-order chi connectivity index (χ1) is 7.88. The Labute approximate surface area is 99.0 Å². The quantitative estimate of drug-likeness (QED) is 0.885. The van der Waals surface area contributed by atoms with Crippen LogP contribution in [-0.4, -0.2) is 25.9 Å². The lowest BCUT2D eigenvalue weighted by Gasteiger charge is -2.26. The molecule has 0 aliphatic heterocycles. The lowest BCUT2D eigenvalue weighted by atomic mass is 9.84. The third-order valence-electron chi connectivity index (χ3n) is 2.62. The van der Waals surface area contributed by atoms with Gasteiger partial charge in [-0.15, -0.1) is 0 Å². The Hall–Kier alpha value is -1.36. The molecule has 0 aliphatic rings. The topological polar surface area (TPSA) is 38.7 Å². The van der Waals surface area contributed by atoms with E-state index in [0.717, 1.165) is 6.07 Å². The number of hydrogen-bond donors (Lipinski definition) is 1. The van der Waals surface area contributed by atoms with E-state index in [-0.39, 0.29) is 23.7 Å². The largest absolute Gasteiger partial charge is 0.492 e. The van der Waals surface area contributed by atoms with Crippen LogP contribution >= 0.6 is 0 Å². The maximum atomic E-state index is 13.8. The molecule has 0 aromatic heterocycles. The summed E-state index contributed by atoms with van der Waals surface area (Å²) in [6.45, 7) is 2.96. The number of halogens is 2. The van der Waals surface area contributed by atoms with Crippen LogP contribution in [0.2, 0.25) is 0 Å². The Morgan fingerprint density at radius 2 is 1.65 bits per heavy atom. The molecule has 0 saturated heterocycles. The van der Waals surface area contributed by atoms with Crippen molar-refractivity contribution in [2.45, 2.75) is 19.3 Å². The van der Waals surface area contributed by atoms with Gasteiger partial charge in [-0.05, 0) is 0 Å². The number of hydrogen-bond acceptors (Lipinski definition) is 3. The molecule has 1 aromatic carbocycles. The van der Waals surface area contributed by atoms with Crippen molar-refractivity contribution in [2.75, 3.05) is 20.8 Å². The summed E-state index contributed by atoms with van der Waals surface area (Å²) < 4.78 is 37.1. The second kappa shape index (κ2) is 4.87. The van der Waals surface area contributed by atoms with Crippen LogP contribution in [0.3, 0.4) is 0 Å². The van der Waals surface area contributed by atoms with Crippen molar-refractivity contribution >= 4 is 0 Å². The van der Waals surface area contributed by atoms with Gasteiger partial charge in [0.25, 0.3) is 0 Å². The molecule has 0 atom stereocenters. The van der Waals surface area contributed by atoms with Crippen LogP contribution in [0.25, 0.3) is 0 Å². The third-order valence-corrected chi connectivity index (χ3v) is 2.62. The van der Waals surface area contributed by atoms with Crippen LogP contribution in [-0.2, 0) is 5.41 Å². The van der Waals surface area contributed by atoms with E-state index in [2.05, 4.69) is 0 Å². The Morgan fingerprint density at radius 1 is 1.12 bits per heavy atom. The second-order valence-electron chi connectivity index (χ2n) is 4.32. The molecule has 1 N–H and O–H groups in total. The molecule has 3 nitrogen and oxygen atoms in total. The molecule has 1 rings (SSSR count). The van der Waals surface area contributed by atoms with E-state index in [1.807, 2.05) is 0 Å². The molecular weight excluding hydrogens is 230 g/mol. The fraction of sp³-hybridized carbons (Fsp3) is 0.500. The molecule has 1 aromatic rings. The highest BCUT2D eigenvalue weighted by molar-refractivity contribution is 5.51. The van der Waals surface area contributed by atoms with Crippen molar-refractivity contribution < 1.29 is 23.4 Å². The van der Waals surface area contributed by atoms with Gasteiger partial charge in [0, 0.05) is 17.0 Å². The molecule has 0 bridgehead atoms. The van der Waals surface area contributed by atoms with Crippen LogP contribution in [0, 0.1) is 11.6 Å². The summed E-state index contributed by atoms with van der Waals surface area (Å²) in [5.74, 6) is -1.78. The van der Waals surface area contributed by atoms with Crippen molar-refractivity contribution in [3.63, 3.8) is 0 Å². The molecule has 0 fully saturated rings. The zero-order valence-corrected chi connectivity index (χ0v) is 10.3. The monoisotopic (exact) mass is 246 g/mol. The van der Waals surface area contributed by atoms with E-state index >= 15 is 0 Å². The highest BCUT2D eigenvalue weighted by Crippen LogP contribution is 2.41. The predicted octanol–water partition coefficient (Wildman–Crippen LogP) is 2.25. The first-order valence-electron chi connectivity index (χ1n) is 5.10. The highest BCUT2D eigenvalue weighted by atomic mass is 19.1. The van der Waals surface area contributed by atoms with Gasteiger partial charge in [-0.25, -0.2) is 8.78 Å². The maximum Gasteiger partial charge on any atom is 0.197 e. The van der Waals surface area contributed by atoms with Crippen LogP contribution in [0.1, 0.15) is 19.4 Å². The number of methoxy groups -OCH3 is 2. The fourth-order valence-electron chi connectivity index (χ4n) is 1.67. The van der Waals surface area contributed by atoms with E-state index in [4.69, 9.17) is 9.47 Å². The van der Waals surface area contributed by atoms with Gasteiger partial charge in [-0.3, -0.25) is 0 Å². The maximum absolute atomic E-state index is 13.8. The normalized spacial score (nSPS) is 11.5. The van der Waals surface area contributed by atoms with E-state index in [0.29, 0.717) is 0 Å². The van der Waals surface area contributed by atoms with Gasteiger partial charge >= 0.3 is 0 Å². The van der Waals surface area contributed by atoms with Gasteiger partial charge in [0.2, 0.25) is 0 Å². The number of ether oxygens (including phenoxy) is 2. The molecule has 0 radical (unpaired) electrons. The summed E-state index contributed by atoms with van der Waals surface area (Å²) >= 11 is 0. The Bertz CT molecular complexity index is 417. The predicted molar refractivity (Wildman–Crippen MR) is 59.6 cm³/mol. The SMILES string of the molecule is COc1c(F)cc(F)c(C(C)(C)CO)c1OC. The van der Waals surface area contributed by atoms with Crippen LogP contribution in [0.15, 0.2) is 6.07 Å². The van der Waals surface area contributed by atoms with Gasteiger partial charge < -0.3 is 14.6 Å². The molecule has 0 saturated carbocycles. The first kappa shape index (κ1) is 13.7. The van der Waals surface area contributed by atoms with E-state index in [1.54, 1.807) is 13.8 Å². The first-order valence-corrected chi connectivity index (χ1v) is 5.10. The molecule has 0 spiro atoms. The molecule has 0 heterocycles. The minimum absolute atomic E-state index is 0.0240. The average molecular weight is 246 g/mol. The van der Waals surface area contributed by atoms with Crippen LogP contribution < -0.4 is 9.47 Å². The van der Waals surface area contributed by atoms with E-state index in [9.17, 15) is 13.9 Å². The number of aliphatic hydroxyl groups is 1. The second-order valence-corrected chi connectivity index (χ2v) is 4.32. The van der Waals surface area contributed by atoms with Crippen molar-refractivity contribution in [1.29, 1.82) is 0 Å². The third kappa shape index (κ3) is 2.34. The minimum atomic E-state index is -0.892. The summed E-state index contributed by atoms with van der Waals surface area (Å²) in [5.41, 5.74) is -0.795. The molecule has 0 amide bonds. The molecule has 0 unspecified atom stereocenters. The molecule has 5 heteroatoms. The summed E-state index contributed by atoms with van der Waals surface area (Å²) in [4.78, 5) is 0. The number of aliphatic hydroxyl groups excluding tert-OH is 1. The Balaban J connectivity index is 3.59. The number of benzene rings is 1. The lowest BCUT2D eigenvalue weighted by Crippen LogP contribution is -2.25. The zero-order valence-electron chi connectivity index (χ0n) is 10.3. The zero-order chi connectivity index (χ0) is 13.2. The van der Waals surface area contributed by atoms with Gasteiger partial charge in [0.15, 0.2) is 17.3 Å². The molecule has 96 valence electrons. The van der Waals surface area contributed by atoms with Crippen molar-refractivity contribution in [3.05, 3.63) is 23.3 Å². The van der Waals surface area contributed by atoms with Gasteiger partial charge in [0.1, 0.15) is 5.82 Å². The van der Waals surface area contributed by atoms with E-state index < -0.39 is 17.0 Å². The van der Waals surface area contributed by atoms with Gasteiger partial charge in [-0.1, -0.05) is 13.8 Å². The lowest BCUT2D eigenvalue weighted by molar-refractivity contribution is 0.208.